The number of carbonyl (C=O) groups is 1. The molecule has 5 nitrogen and oxygen atoms in total. The Morgan fingerprint density at radius 3 is 2.47 bits per heavy atom. The Labute approximate surface area is 181 Å². The zero-order valence-electron chi connectivity index (χ0n) is 17.4. The molecule has 0 radical (unpaired) electrons. The third kappa shape index (κ3) is 4.46. The van der Waals surface area contributed by atoms with Crippen molar-refractivity contribution in [2.24, 2.45) is 5.41 Å². The molecule has 4 rings (SSSR count). The normalized spacial score (nSPS) is 14.9. The molecule has 2 aromatic carbocycles. The Morgan fingerprint density at radius 1 is 1.00 bits per heavy atom. The molecule has 0 spiro atoms. The van der Waals surface area contributed by atoms with Crippen molar-refractivity contribution in [3.63, 3.8) is 0 Å². The lowest BCUT2D eigenvalue weighted by Gasteiger charge is -2.30. The molecule has 3 aromatic rings. The Bertz CT molecular complexity index is 1090. The van der Waals surface area contributed by atoms with E-state index in [2.05, 4.69) is 48.5 Å². The second-order valence-corrected chi connectivity index (χ2v) is 8.91. The van der Waals surface area contributed by atoms with Crippen molar-refractivity contribution in [1.29, 1.82) is 0 Å². The van der Waals surface area contributed by atoms with Crippen LogP contribution >= 0.6 is 11.6 Å². The molecule has 0 bridgehead atoms. The average molecular weight is 421 g/mol. The predicted molar refractivity (Wildman–Crippen MR) is 122 cm³/mol. The third-order valence-electron chi connectivity index (χ3n) is 5.25. The third-order valence-corrected chi connectivity index (χ3v) is 5.49. The number of hydrogen-bond donors (Lipinski definition) is 2. The minimum Gasteiger partial charge on any atom is -0.339 e. The summed E-state index contributed by atoms with van der Waals surface area (Å²) in [6, 6.07) is 15.6. The van der Waals surface area contributed by atoms with Crippen LogP contribution in [-0.2, 0) is 12.8 Å². The smallest absolute Gasteiger partial charge is 0.229 e. The molecule has 6 heteroatoms. The van der Waals surface area contributed by atoms with Gasteiger partial charge in [-0.05, 0) is 54.2 Å². The molecular formula is C24H25ClN4O. The summed E-state index contributed by atoms with van der Waals surface area (Å²) in [5.41, 5.74) is 4.15. The van der Waals surface area contributed by atoms with Crippen LogP contribution < -0.4 is 10.6 Å². The first-order valence-electron chi connectivity index (χ1n) is 10.2. The summed E-state index contributed by atoms with van der Waals surface area (Å²) in [6.45, 7) is 6.31. The molecule has 0 saturated heterocycles. The lowest BCUT2D eigenvalue weighted by molar-refractivity contribution is 0.0911. The van der Waals surface area contributed by atoms with Crippen LogP contribution in [0, 0.1) is 5.41 Å². The quantitative estimate of drug-likeness (QED) is 0.504. The lowest BCUT2D eigenvalue weighted by Crippen LogP contribution is -2.29. The number of fused-ring (bicyclic) bond motifs is 1. The van der Waals surface area contributed by atoms with Gasteiger partial charge in [-0.3, -0.25) is 4.79 Å². The van der Waals surface area contributed by atoms with Crippen LogP contribution in [0.3, 0.4) is 0 Å². The van der Waals surface area contributed by atoms with E-state index in [1.807, 2.05) is 36.4 Å². The number of Topliss-reactive ketones (excluding diaryl/α,β-unsaturated/α-hetero) is 1. The number of aryl methyl sites for hydroxylation is 1. The number of ketones is 1. The molecule has 2 N–H and O–H groups in total. The maximum absolute atomic E-state index is 13.0. The van der Waals surface area contributed by atoms with Gasteiger partial charge in [-0.25, -0.2) is 4.98 Å². The molecule has 1 heterocycles. The lowest BCUT2D eigenvalue weighted by atomic mass is 9.75. The Balaban J connectivity index is 1.74. The van der Waals surface area contributed by atoms with E-state index in [9.17, 15) is 4.79 Å². The fourth-order valence-corrected chi connectivity index (χ4v) is 3.96. The topological polar surface area (TPSA) is 66.9 Å². The average Bonchev–Trinajstić information content (AvgIpc) is 2.67. The molecule has 1 aromatic heterocycles. The van der Waals surface area contributed by atoms with Crippen molar-refractivity contribution in [3.05, 3.63) is 70.4 Å². The van der Waals surface area contributed by atoms with Gasteiger partial charge < -0.3 is 10.6 Å². The van der Waals surface area contributed by atoms with Crippen LogP contribution in [-0.4, -0.2) is 15.8 Å². The van der Waals surface area contributed by atoms with Gasteiger partial charge in [0.2, 0.25) is 5.95 Å². The number of nitrogens with one attached hydrogen (secondary N) is 2. The SMILES string of the molecule is CCc1ccc(Nc2nc3c(c(Nc4cccc(Cl)c4)n2)C(=O)CC(C)(C)C3)cc1. The van der Waals surface area contributed by atoms with Crippen LogP contribution in [0.25, 0.3) is 0 Å². The summed E-state index contributed by atoms with van der Waals surface area (Å²) < 4.78 is 0. The van der Waals surface area contributed by atoms with Crippen molar-refractivity contribution in [3.8, 4) is 0 Å². The molecule has 0 amide bonds. The van der Waals surface area contributed by atoms with Crippen LogP contribution in [0.4, 0.5) is 23.1 Å². The Kier molecular flexibility index (Phi) is 5.48. The van der Waals surface area contributed by atoms with E-state index in [1.54, 1.807) is 0 Å². The first-order chi connectivity index (χ1) is 14.3. The van der Waals surface area contributed by atoms with Gasteiger partial charge >= 0.3 is 0 Å². The van der Waals surface area contributed by atoms with E-state index in [1.165, 1.54) is 5.56 Å². The van der Waals surface area contributed by atoms with Crippen molar-refractivity contribution >= 4 is 40.5 Å². The Morgan fingerprint density at radius 2 is 1.77 bits per heavy atom. The van der Waals surface area contributed by atoms with Gasteiger partial charge in [-0.15, -0.1) is 0 Å². The fraction of sp³-hybridized carbons (Fsp3) is 0.292. The van der Waals surface area contributed by atoms with E-state index in [-0.39, 0.29) is 11.2 Å². The van der Waals surface area contributed by atoms with Gasteiger partial charge in [-0.2, -0.15) is 4.98 Å². The first kappa shape index (κ1) is 20.4. The second kappa shape index (κ2) is 8.07. The van der Waals surface area contributed by atoms with Crippen molar-refractivity contribution in [2.75, 3.05) is 10.6 Å². The summed E-state index contributed by atoms with van der Waals surface area (Å²) in [6.07, 6.45) is 2.17. The zero-order valence-corrected chi connectivity index (χ0v) is 18.2. The summed E-state index contributed by atoms with van der Waals surface area (Å²) in [5, 5.41) is 7.18. The number of anilines is 4. The maximum atomic E-state index is 13.0. The highest BCUT2D eigenvalue weighted by Crippen LogP contribution is 2.38. The van der Waals surface area contributed by atoms with Crippen molar-refractivity contribution < 1.29 is 4.79 Å². The van der Waals surface area contributed by atoms with E-state index in [0.717, 1.165) is 23.5 Å². The van der Waals surface area contributed by atoms with Crippen LogP contribution in [0.1, 0.15) is 48.8 Å². The molecular weight excluding hydrogens is 396 g/mol. The molecule has 0 atom stereocenters. The van der Waals surface area contributed by atoms with Gasteiger partial charge in [0.15, 0.2) is 5.78 Å². The maximum Gasteiger partial charge on any atom is 0.229 e. The van der Waals surface area contributed by atoms with E-state index >= 15 is 0 Å². The largest absolute Gasteiger partial charge is 0.339 e. The number of aromatic nitrogens is 2. The number of nitrogens with zero attached hydrogens (tertiary/aromatic N) is 2. The predicted octanol–water partition coefficient (Wildman–Crippen LogP) is 6.33. The van der Waals surface area contributed by atoms with Gasteiger partial charge in [0.1, 0.15) is 5.82 Å². The standard InChI is InChI=1S/C24H25ClN4O/c1-4-15-8-10-17(11-9-15)27-23-28-19-13-24(2,3)14-20(30)21(19)22(29-23)26-18-7-5-6-16(25)12-18/h5-12H,4,13-14H2,1-3H3,(H2,26,27,28,29). The number of hydrogen-bond acceptors (Lipinski definition) is 5. The molecule has 0 aliphatic heterocycles. The summed E-state index contributed by atoms with van der Waals surface area (Å²) >= 11 is 6.13. The summed E-state index contributed by atoms with van der Waals surface area (Å²) in [5.74, 6) is 1.04. The minimum atomic E-state index is -0.133. The second-order valence-electron chi connectivity index (χ2n) is 8.47. The van der Waals surface area contributed by atoms with Gasteiger partial charge in [0.25, 0.3) is 0 Å². The van der Waals surface area contributed by atoms with Gasteiger partial charge in [-0.1, -0.05) is 50.6 Å². The first-order valence-corrected chi connectivity index (χ1v) is 10.5. The zero-order chi connectivity index (χ0) is 21.3. The number of halogens is 1. The van der Waals surface area contributed by atoms with E-state index in [4.69, 9.17) is 16.6 Å². The minimum absolute atomic E-state index is 0.0598. The summed E-state index contributed by atoms with van der Waals surface area (Å²) in [7, 11) is 0. The van der Waals surface area contributed by atoms with Crippen molar-refractivity contribution in [1.82, 2.24) is 9.97 Å². The van der Waals surface area contributed by atoms with Crippen LogP contribution in [0.15, 0.2) is 48.5 Å². The van der Waals surface area contributed by atoms with E-state index < -0.39 is 0 Å². The molecule has 1 aliphatic carbocycles. The highest BCUT2D eigenvalue weighted by molar-refractivity contribution is 6.30. The molecule has 0 fully saturated rings. The number of rotatable bonds is 5. The number of carbonyl (C=O) groups excluding carboxylic acids is 1. The molecule has 30 heavy (non-hydrogen) atoms. The highest BCUT2D eigenvalue weighted by atomic mass is 35.5. The van der Waals surface area contributed by atoms with E-state index in [0.29, 0.717) is 35.2 Å². The molecule has 0 unspecified atom stereocenters. The van der Waals surface area contributed by atoms with Gasteiger partial charge in [0, 0.05) is 22.8 Å². The monoisotopic (exact) mass is 420 g/mol. The Hall–Kier alpha value is -2.92. The fourth-order valence-electron chi connectivity index (χ4n) is 3.77. The van der Waals surface area contributed by atoms with Crippen LogP contribution in [0.5, 0.6) is 0 Å². The highest BCUT2D eigenvalue weighted by Gasteiger charge is 2.35. The molecule has 1 aliphatic rings. The summed E-state index contributed by atoms with van der Waals surface area (Å²) in [4.78, 5) is 22.3. The molecule has 154 valence electrons. The number of benzene rings is 2. The van der Waals surface area contributed by atoms with Crippen molar-refractivity contribution in [2.45, 2.75) is 40.0 Å². The molecule has 0 saturated carbocycles. The van der Waals surface area contributed by atoms with Gasteiger partial charge in [0.05, 0.1) is 11.3 Å². The van der Waals surface area contributed by atoms with Crippen LogP contribution in [0.2, 0.25) is 5.02 Å².